The Balaban J connectivity index is 0.000000162. The predicted octanol–water partition coefficient (Wildman–Crippen LogP) is 2.16. The monoisotopic (exact) mass is 219 g/mol. The summed E-state index contributed by atoms with van der Waals surface area (Å²) >= 11 is 0. The molecule has 0 aromatic rings. The molecule has 88 valence electrons. The van der Waals surface area contributed by atoms with Crippen molar-refractivity contribution in [3.63, 3.8) is 0 Å². The van der Waals surface area contributed by atoms with Crippen LogP contribution in [0, 0.1) is 5.92 Å². The molecule has 0 saturated carbocycles. The number of hydrogen-bond donors (Lipinski definition) is 0. The second-order valence-electron chi connectivity index (χ2n) is 4.03. The Labute approximate surface area is 89.9 Å². The molecule has 0 radical (unpaired) electrons. The molecule has 1 fully saturated rings. The second kappa shape index (κ2) is 6.18. The molecule has 1 aliphatic heterocycles. The molecular formula is C11H19F2NO. The van der Waals surface area contributed by atoms with Crippen molar-refractivity contribution in [3.05, 3.63) is 12.2 Å². The van der Waals surface area contributed by atoms with Crippen LogP contribution < -0.4 is 0 Å². The van der Waals surface area contributed by atoms with Gasteiger partial charge in [-0.3, -0.25) is 0 Å². The van der Waals surface area contributed by atoms with Gasteiger partial charge in [0.1, 0.15) is 0 Å². The molecule has 1 heterocycles. The molecule has 0 amide bonds. The van der Waals surface area contributed by atoms with Crippen LogP contribution in [0.15, 0.2) is 12.2 Å². The van der Waals surface area contributed by atoms with Crippen molar-refractivity contribution in [2.24, 2.45) is 5.92 Å². The van der Waals surface area contributed by atoms with Gasteiger partial charge in [0.15, 0.2) is 0 Å². The van der Waals surface area contributed by atoms with Crippen LogP contribution in [-0.4, -0.2) is 44.7 Å². The molecule has 2 nitrogen and oxygen atoms in total. The van der Waals surface area contributed by atoms with Crippen LogP contribution in [0.3, 0.4) is 0 Å². The summed E-state index contributed by atoms with van der Waals surface area (Å²) < 4.78 is 27.4. The van der Waals surface area contributed by atoms with Gasteiger partial charge in [-0.2, -0.15) is 0 Å². The van der Waals surface area contributed by atoms with E-state index in [0.29, 0.717) is 6.04 Å². The SMILES string of the molecule is COC[C@@H]1CCCN1C.FC(F)C1C=C1. The number of alkyl halides is 2. The van der Waals surface area contributed by atoms with E-state index in [4.69, 9.17) is 4.74 Å². The molecule has 15 heavy (non-hydrogen) atoms. The predicted molar refractivity (Wildman–Crippen MR) is 56.2 cm³/mol. The topological polar surface area (TPSA) is 12.5 Å². The lowest BCUT2D eigenvalue weighted by Crippen LogP contribution is -2.28. The van der Waals surface area contributed by atoms with Gasteiger partial charge in [0.05, 0.1) is 12.5 Å². The number of ether oxygens (including phenoxy) is 1. The third-order valence-corrected chi connectivity index (χ3v) is 2.74. The zero-order valence-electron chi connectivity index (χ0n) is 9.33. The van der Waals surface area contributed by atoms with Crippen molar-refractivity contribution in [2.75, 3.05) is 27.3 Å². The Bertz CT molecular complexity index is 203. The Kier molecular flexibility index (Phi) is 5.19. The number of allylic oxidation sites excluding steroid dienone is 2. The first-order valence-corrected chi connectivity index (χ1v) is 5.30. The summed E-state index contributed by atoms with van der Waals surface area (Å²) in [7, 11) is 3.93. The maximum atomic E-state index is 11.2. The molecule has 1 atom stereocenters. The van der Waals surface area contributed by atoms with Crippen molar-refractivity contribution in [3.8, 4) is 0 Å². The van der Waals surface area contributed by atoms with Crippen LogP contribution in [0.2, 0.25) is 0 Å². The summed E-state index contributed by atoms with van der Waals surface area (Å²) in [6.07, 6.45) is 3.48. The van der Waals surface area contributed by atoms with Gasteiger partial charge in [0, 0.05) is 13.2 Å². The average molecular weight is 219 g/mol. The smallest absolute Gasteiger partial charge is 0.248 e. The van der Waals surface area contributed by atoms with Crippen LogP contribution in [0.1, 0.15) is 12.8 Å². The quantitative estimate of drug-likeness (QED) is 0.674. The summed E-state index contributed by atoms with van der Waals surface area (Å²) in [4.78, 5) is 2.36. The lowest BCUT2D eigenvalue weighted by atomic mass is 10.2. The van der Waals surface area contributed by atoms with Gasteiger partial charge in [-0.1, -0.05) is 12.2 Å². The van der Waals surface area contributed by atoms with Crippen LogP contribution in [0.4, 0.5) is 8.78 Å². The summed E-state index contributed by atoms with van der Waals surface area (Å²) in [5.74, 6) is -0.481. The third-order valence-electron chi connectivity index (χ3n) is 2.74. The largest absolute Gasteiger partial charge is 0.383 e. The van der Waals surface area contributed by atoms with Gasteiger partial charge >= 0.3 is 0 Å². The Hall–Kier alpha value is -0.480. The van der Waals surface area contributed by atoms with Gasteiger partial charge in [0.2, 0.25) is 6.43 Å². The van der Waals surface area contributed by atoms with E-state index in [1.165, 1.54) is 31.5 Å². The minimum Gasteiger partial charge on any atom is -0.383 e. The van der Waals surface area contributed by atoms with Crippen molar-refractivity contribution in [1.82, 2.24) is 4.90 Å². The molecule has 1 saturated heterocycles. The van der Waals surface area contributed by atoms with Crippen molar-refractivity contribution >= 4 is 0 Å². The van der Waals surface area contributed by atoms with E-state index in [1.54, 1.807) is 7.11 Å². The molecule has 0 unspecified atom stereocenters. The Morgan fingerprint density at radius 3 is 2.40 bits per heavy atom. The Morgan fingerprint density at radius 1 is 1.47 bits per heavy atom. The fourth-order valence-corrected chi connectivity index (χ4v) is 1.61. The molecule has 0 spiro atoms. The Morgan fingerprint density at radius 2 is 2.13 bits per heavy atom. The molecule has 0 bridgehead atoms. The van der Waals surface area contributed by atoms with E-state index in [1.807, 2.05) is 0 Å². The molecule has 1 aliphatic carbocycles. The van der Waals surface area contributed by atoms with Crippen molar-refractivity contribution in [2.45, 2.75) is 25.3 Å². The average Bonchev–Trinajstić information content (AvgIpc) is 2.95. The molecule has 2 rings (SSSR count). The number of methoxy groups -OCH3 is 1. The standard InChI is InChI=1S/C7H15NO.C4H4F2/c1-8-5-3-4-7(8)6-9-2;5-4(6)3-1-2-3/h7H,3-6H2,1-2H3;1-4H/t7-;/m0./s1. The zero-order valence-corrected chi connectivity index (χ0v) is 9.33. The summed E-state index contributed by atoms with van der Waals surface area (Å²) in [5, 5.41) is 0. The first kappa shape index (κ1) is 12.6. The van der Waals surface area contributed by atoms with E-state index < -0.39 is 12.3 Å². The number of halogens is 2. The summed E-state index contributed by atoms with van der Waals surface area (Å²) in [6, 6.07) is 0.690. The number of nitrogens with zero attached hydrogens (tertiary/aromatic N) is 1. The van der Waals surface area contributed by atoms with Crippen LogP contribution in [-0.2, 0) is 4.74 Å². The number of rotatable bonds is 3. The van der Waals surface area contributed by atoms with Gasteiger partial charge in [-0.25, -0.2) is 8.78 Å². The second-order valence-corrected chi connectivity index (χ2v) is 4.03. The van der Waals surface area contributed by atoms with E-state index in [2.05, 4.69) is 11.9 Å². The zero-order chi connectivity index (χ0) is 11.3. The van der Waals surface area contributed by atoms with E-state index >= 15 is 0 Å². The highest BCUT2D eigenvalue weighted by molar-refractivity contribution is 5.14. The van der Waals surface area contributed by atoms with Crippen molar-refractivity contribution in [1.29, 1.82) is 0 Å². The van der Waals surface area contributed by atoms with Crippen LogP contribution in [0.25, 0.3) is 0 Å². The molecule has 4 heteroatoms. The van der Waals surface area contributed by atoms with Gasteiger partial charge in [-0.15, -0.1) is 0 Å². The fourth-order valence-electron chi connectivity index (χ4n) is 1.61. The normalized spacial score (nSPS) is 25.5. The lowest BCUT2D eigenvalue weighted by Gasteiger charge is -2.17. The van der Waals surface area contributed by atoms with Gasteiger partial charge in [-0.05, 0) is 26.4 Å². The maximum Gasteiger partial charge on any atom is 0.248 e. The minimum absolute atomic E-state index is 0.481. The lowest BCUT2D eigenvalue weighted by molar-refractivity contribution is 0.129. The molecular weight excluding hydrogens is 200 g/mol. The maximum absolute atomic E-state index is 11.2. The summed E-state index contributed by atoms with van der Waals surface area (Å²) in [5.41, 5.74) is 0. The fraction of sp³-hybridized carbons (Fsp3) is 0.818. The molecule has 0 aromatic carbocycles. The van der Waals surface area contributed by atoms with Gasteiger partial charge < -0.3 is 9.64 Å². The van der Waals surface area contributed by atoms with E-state index in [9.17, 15) is 8.78 Å². The van der Waals surface area contributed by atoms with E-state index in [-0.39, 0.29) is 0 Å². The highest BCUT2D eigenvalue weighted by atomic mass is 19.3. The third kappa shape index (κ3) is 4.71. The first-order valence-electron chi connectivity index (χ1n) is 5.30. The van der Waals surface area contributed by atoms with Crippen molar-refractivity contribution < 1.29 is 13.5 Å². The molecule has 0 aromatic heterocycles. The highest BCUT2D eigenvalue weighted by Gasteiger charge is 2.21. The van der Waals surface area contributed by atoms with E-state index in [0.717, 1.165) is 6.61 Å². The van der Waals surface area contributed by atoms with Gasteiger partial charge in [0.25, 0.3) is 0 Å². The number of likely N-dealkylation sites (tertiary alicyclic amines) is 1. The molecule has 2 aliphatic rings. The summed E-state index contributed by atoms with van der Waals surface area (Å²) in [6.45, 7) is 2.14. The van der Waals surface area contributed by atoms with Crippen LogP contribution in [0.5, 0.6) is 0 Å². The first-order chi connectivity index (χ1) is 7.15. The minimum atomic E-state index is -2.15. The number of hydrogen-bond acceptors (Lipinski definition) is 2. The number of likely N-dealkylation sites (N-methyl/N-ethyl adjacent to an activating group) is 1. The highest BCUT2D eigenvalue weighted by Crippen LogP contribution is 2.23. The van der Waals surface area contributed by atoms with Crippen LogP contribution >= 0.6 is 0 Å². The molecule has 0 N–H and O–H groups in total.